The van der Waals surface area contributed by atoms with Crippen molar-refractivity contribution in [3.8, 4) is 0 Å². The van der Waals surface area contributed by atoms with E-state index in [0.29, 0.717) is 29.0 Å². The normalized spacial score (nSPS) is 15.9. The van der Waals surface area contributed by atoms with Gasteiger partial charge < -0.3 is 0 Å². The molecule has 3 aromatic rings. The van der Waals surface area contributed by atoms with Gasteiger partial charge in [0.25, 0.3) is 0 Å². The third-order valence-electron chi connectivity index (χ3n) is 4.21. The number of benzene rings is 2. The third-order valence-corrected chi connectivity index (χ3v) is 4.21. The first-order chi connectivity index (χ1) is 11.4. The zero-order valence-electron chi connectivity index (χ0n) is 13.3. The van der Waals surface area contributed by atoms with Crippen molar-refractivity contribution >= 4 is 16.6 Å². The minimum Gasteiger partial charge on any atom is -0.276 e. The molecule has 0 aliphatic carbocycles. The molecule has 0 bridgehead atoms. The van der Waals surface area contributed by atoms with E-state index < -0.39 is 17.2 Å². The van der Waals surface area contributed by atoms with Crippen LogP contribution in [0.5, 0.6) is 0 Å². The number of fused-ring (bicyclic) bond motifs is 2. The van der Waals surface area contributed by atoms with E-state index in [-0.39, 0.29) is 0 Å². The standard InChI is InChI=1S/C19H15F2N3/c1-19(2)10-13-12(7-8-14(20)17(13)21)18(22-19)16-9-11-5-3-4-6-15(11)23-24-16/h3-9H,10H2,1-2H3. The van der Waals surface area contributed by atoms with E-state index in [9.17, 15) is 8.78 Å². The van der Waals surface area contributed by atoms with Gasteiger partial charge in [0.1, 0.15) is 5.69 Å². The van der Waals surface area contributed by atoms with Crippen molar-refractivity contribution in [2.45, 2.75) is 25.8 Å². The van der Waals surface area contributed by atoms with Crippen LogP contribution in [0.1, 0.15) is 30.7 Å². The fourth-order valence-electron chi connectivity index (χ4n) is 3.12. The molecule has 2 aromatic carbocycles. The van der Waals surface area contributed by atoms with Crippen LogP contribution < -0.4 is 0 Å². The molecule has 0 saturated carbocycles. The van der Waals surface area contributed by atoms with Crippen molar-refractivity contribution in [2.24, 2.45) is 4.99 Å². The van der Waals surface area contributed by atoms with Gasteiger partial charge in [-0.25, -0.2) is 8.78 Å². The fourth-order valence-corrected chi connectivity index (χ4v) is 3.12. The maximum absolute atomic E-state index is 14.3. The molecular formula is C19H15F2N3. The predicted octanol–water partition coefficient (Wildman–Crippen LogP) is 4.08. The topological polar surface area (TPSA) is 38.1 Å². The summed E-state index contributed by atoms with van der Waals surface area (Å²) in [6.07, 6.45) is 0.344. The molecular weight excluding hydrogens is 308 g/mol. The Morgan fingerprint density at radius 3 is 2.62 bits per heavy atom. The van der Waals surface area contributed by atoms with Gasteiger partial charge in [-0.2, -0.15) is 0 Å². The Morgan fingerprint density at radius 2 is 1.79 bits per heavy atom. The third kappa shape index (κ3) is 2.37. The Hall–Kier alpha value is -2.69. The van der Waals surface area contributed by atoms with Gasteiger partial charge in [0.15, 0.2) is 11.6 Å². The smallest absolute Gasteiger partial charge is 0.162 e. The number of aromatic nitrogens is 2. The Bertz CT molecular complexity index is 993. The highest BCUT2D eigenvalue weighted by Gasteiger charge is 2.31. The summed E-state index contributed by atoms with van der Waals surface area (Å²) in [4.78, 5) is 4.73. The summed E-state index contributed by atoms with van der Waals surface area (Å²) in [5, 5.41) is 9.40. The zero-order valence-corrected chi connectivity index (χ0v) is 13.3. The molecule has 0 atom stereocenters. The summed E-state index contributed by atoms with van der Waals surface area (Å²) in [5.41, 5.74) is 2.29. The molecule has 24 heavy (non-hydrogen) atoms. The highest BCUT2D eigenvalue weighted by atomic mass is 19.2. The van der Waals surface area contributed by atoms with Gasteiger partial charge in [0.2, 0.25) is 0 Å². The molecule has 5 heteroatoms. The van der Waals surface area contributed by atoms with Crippen molar-refractivity contribution in [3.63, 3.8) is 0 Å². The Balaban J connectivity index is 1.95. The van der Waals surface area contributed by atoms with Crippen LogP contribution >= 0.6 is 0 Å². The molecule has 0 N–H and O–H groups in total. The van der Waals surface area contributed by atoms with Gasteiger partial charge >= 0.3 is 0 Å². The quantitative estimate of drug-likeness (QED) is 0.677. The highest BCUT2D eigenvalue weighted by Crippen LogP contribution is 2.31. The lowest BCUT2D eigenvalue weighted by Gasteiger charge is -2.29. The van der Waals surface area contributed by atoms with E-state index in [1.54, 1.807) is 6.07 Å². The molecule has 0 spiro atoms. The Kier molecular flexibility index (Phi) is 3.20. The first-order valence-electron chi connectivity index (χ1n) is 7.74. The van der Waals surface area contributed by atoms with Crippen molar-refractivity contribution in [1.29, 1.82) is 0 Å². The van der Waals surface area contributed by atoms with Crippen LogP contribution in [0.3, 0.4) is 0 Å². The van der Waals surface area contributed by atoms with Crippen molar-refractivity contribution < 1.29 is 8.78 Å². The van der Waals surface area contributed by atoms with Gasteiger partial charge in [0.05, 0.1) is 16.8 Å². The van der Waals surface area contributed by atoms with Crippen LogP contribution in [0.4, 0.5) is 8.78 Å². The van der Waals surface area contributed by atoms with Gasteiger partial charge in [-0.3, -0.25) is 4.99 Å². The van der Waals surface area contributed by atoms with E-state index in [2.05, 4.69) is 10.2 Å². The summed E-state index contributed by atoms with van der Waals surface area (Å²) in [7, 11) is 0. The SMILES string of the molecule is CC1(C)Cc2c(ccc(F)c2F)C(c2cc3ccccc3nn2)=N1. The number of aliphatic imine (C=N–C) groups is 1. The molecule has 1 aliphatic heterocycles. The summed E-state index contributed by atoms with van der Waals surface area (Å²) >= 11 is 0. The molecule has 120 valence electrons. The van der Waals surface area contributed by atoms with Crippen molar-refractivity contribution in [1.82, 2.24) is 10.2 Å². The van der Waals surface area contributed by atoms with Crippen LogP contribution in [-0.2, 0) is 6.42 Å². The molecule has 0 radical (unpaired) electrons. The molecule has 1 aromatic heterocycles. The van der Waals surface area contributed by atoms with Crippen LogP contribution in [0.2, 0.25) is 0 Å². The number of nitrogens with zero attached hydrogens (tertiary/aromatic N) is 3. The molecule has 3 nitrogen and oxygen atoms in total. The first kappa shape index (κ1) is 14.9. The van der Waals surface area contributed by atoms with E-state index in [1.807, 2.05) is 44.2 Å². The molecule has 0 saturated heterocycles. The minimum atomic E-state index is -0.838. The summed E-state index contributed by atoms with van der Waals surface area (Å²) in [5.74, 6) is -1.64. The van der Waals surface area contributed by atoms with Crippen LogP contribution in [-0.4, -0.2) is 21.4 Å². The second-order valence-electron chi connectivity index (χ2n) is 6.63. The second kappa shape index (κ2) is 5.16. The number of rotatable bonds is 1. The van der Waals surface area contributed by atoms with Crippen LogP contribution in [0.15, 0.2) is 47.5 Å². The lowest BCUT2D eigenvalue weighted by Crippen LogP contribution is -2.31. The maximum atomic E-state index is 14.3. The van der Waals surface area contributed by atoms with Gasteiger partial charge in [-0.05, 0) is 38.1 Å². The molecule has 4 rings (SSSR count). The predicted molar refractivity (Wildman–Crippen MR) is 89.3 cm³/mol. The molecule has 0 amide bonds. The summed E-state index contributed by atoms with van der Waals surface area (Å²) in [6.45, 7) is 3.80. The van der Waals surface area contributed by atoms with Crippen LogP contribution in [0, 0.1) is 11.6 Å². The minimum absolute atomic E-state index is 0.344. The molecule has 1 aliphatic rings. The average Bonchev–Trinajstić information content (AvgIpc) is 2.57. The van der Waals surface area contributed by atoms with E-state index in [1.165, 1.54) is 0 Å². The second-order valence-corrected chi connectivity index (χ2v) is 6.63. The zero-order chi connectivity index (χ0) is 16.9. The lowest BCUT2D eigenvalue weighted by molar-refractivity contribution is 0.462. The van der Waals surface area contributed by atoms with Gasteiger partial charge in [-0.1, -0.05) is 18.2 Å². The monoisotopic (exact) mass is 323 g/mol. The van der Waals surface area contributed by atoms with E-state index in [4.69, 9.17) is 4.99 Å². The highest BCUT2D eigenvalue weighted by molar-refractivity contribution is 6.14. The molecule has 0 unspecified atom stereocenters. The molecule has 2 heterocycles. The largest absolute Gasteiger partial charge is 0.276 e. The van der Waals surface area contributed by atoms with E-state index in [0.717, 1.165) is 17.0 Å². The number of halogens is 2. The molecule has 0 fully saturated rings. The Labute approximate surface area is 138 Å². The van der Waals surface area contributed by atoms with Gasteiger partial charge in [0, 0.05) is 22.9 Å². The van der Waals surface area contributed by atoms with E-state index >= 15 is 0 Å². The lowest BCUT2D eigenvalue weighted by atomic mass is 9.85. The number of hydrogen-bond donors (Lipinski definition) is 0. The Morgan fingerprint density at radius 1 is 1.00 bits per heavy atom. The van der Waals surface area contributed by atoms with Crippen LogP contribution in [0.25, 0.3) is 10.9 Å². The maximum Gasteiger partial charge on any atom is 0.162 e. The average molecular weight is 323 g/mol. The fraction of sp³-hybridized carbons (Fsp3) is 0.211. The summed E-state index contributed by atoms with van der Waals surface area (Å²) in [6, 6.07) is 12.2. The van der Waals surface area contributed by atoms with Crippen molar-refractivity contribution in [2.75, 3.05) is 0 Å². The first-order valence-corrected chi connectivity index (χ1v) is 7.74. The number of hydrogen-bond acceptors (Lipinski definition) is 3. The van der Waals surface area contributed by atoms with Gasteiger partial charge in [-0.15, -0.1) is 10.2 Å². The van der Waals surface area contributed by atoms with Crippen molar-refractivity contribution in [3.05, 3.63) is 70.9 Å². The summed E-state index contributed by atoms with van der Waals surface area (Å²) < 4.78 is 28.0.